The van der Waals surface area contributed by atoms with Crippen LogP contribution in [0.15, 0.2) is 36.5 Å². The molecule has 80 valence electrons. The summed E-state index contributed by atoms with van der Waals surface area (Å²) in [5.41, 5.74) is 3.54. The van der Waals surface area contributed by atoms with Crippen LogP contribution in [0.1, 0.15) is 29.3 Å². The summed E-state index contributed by atoms with van der Waals surface area (Å²) in [4.78, 5) is 8.84. The lowest BCUT2D eigenvalue weighted by Crippen LogP contribution is -2.01. The van der Waals surface area contributed by atoms with Crippen molar-refractivity contribution in [2.24, 2.45) is 0 Å². The highest BCUT2D eigenvalue weighted by atomic mass is 35.5. The second kappa shape index (κ2) is 3.87. The van der Waals surface area contributed by atoms with Crippen LogP contribution in [0.4, 0.5) is 0 Å². The average molecular weight is 231 g/mol. The number of rotatable bonds is 1. The first-order valence-corrected chi connectivity index (χ1v) is 5.78. The highest BCUT2D eigenvalue weighted by Crippen LogP contribution is 2.35. The van der Waals surface area contributed by atoms with Gasteiger partial charge in [0.05, 0.1) is 11.4 Å². The fourth-order valence-electron chi connectivity index (χ4n) is 2.32. The van der Waals surface area contributed by atoms with Crippen LogP contribution < -0.4 is 0 Å². The molecule has 0 saturated heterocycles. The van der Waals surface area contributed by atoms with Gasteiger partial charge in [-0.15, -0.1) is 0 Å². The predicted molar refractivity (Wildman–Crippen MR) is 63.6 cm³/mol. The van der Waals surface area contributed by atoms with E-state index in [1.807, 2.05) is 24.4 Å². The molecule has 2 nitrogen and oxygen atoms in total. The fraction of sp³-hybridized carbons (Fsp3) is 0.231. The molecule has 1 atom stereocenters. The summed E-state index contributed by atoms with van der Waals surface area (Å²) in [5.74, 6) is 0.315. The maximum Gasteiger partial charge on any atom is 0.129 e. The Kier molecular flexibility index (Phi) is 2.37. The quantitative estimate of drug-likeness (QED) is 0.703. The van der Waals surface area contributed by atoms with Crippen LogP contribution in [0.2, 0.25) is 5.15 Å². The minimum absolute atomic E-state index is 0.315. The predicted octanol–water partition coefficient (Wildman–Crippen LogP) is 3.21. The first-order valence-electron chi connectivity index (χ1n) is 5.41. The summed E-state index contributed by atoms with van der Waals surface area (Å²) in [7, 11) is 0. The zero-order valence-electron chi connectivity index (χ0n) is 8.73. The number of fused-ring (bicyclic) bond motifs is 1. The second-order valence-electron chi connectivity index (χ2n) is 4.02. The molecule has 0 radical (unpaired) electrons. The summed E-state index contributed by atoms with van der Waals surface area (Å²) in [6.07, 6.45) is 4.02. The minimum atomic E-state index is 0.315. The molecule has 2 aromatic heterocycles. The number of halogens is 1. The van der Waals surface area contributed by atoms with Crippen molar-refractivity contribution in [3.05, 3.63) is 58.6 Å². The van der Waals surface area contributed by atoms with Gasteiger partial charge in [-0.3, -0.25) is 4.98 Å². The van der Waals surface area contributed by atoms with E-state index in [0.717, 1.165) is 24.2 Å². The van der Waals surface area contributed by atoms with E-state index in [2.05, 4.69) is 16.0 Å². The zero-order chi connectivity index (χ0) is 11.0. The smallest absolute Gasteiger partial charge is 0.129 e. The van der Waals surface area contributed by atoms with Gasteiger partial charge in [-0.1, -0.05) is 23.7 Å². The van der Waals surface area contributed by atoms with Gasteiger partial charge < -0.3 is 0 Å². The third-order valence-corrected chi connectivity index (χ3v) is 3.26. The van der Waals surface area contributed by atoms with Gasteiger partial charge >= 0.3 is 0 Å². The number of pyridine rings is 2. The van der Waals surface area contributed by atoms with E-state index in [-0.39, 0.29) is 0 Å². The number of aromatic nitrogens is 2. The zero-order valence-corrected chi connectivity index (χ0v) is 9.48. The van der Waals surface area contributed by atoms with Crippen molar-refractivity contribution in [2.75, 3.05) is 0 Å². The molecule has 2 heterocycles. The van der Waals surface area contributed by atoms with Crippen LogP contribution in [0.25, 0.3) is 0 Å². The molecule has 1 unspecified atom stereocenters. The van der Waals surface area contributed by atoms with Crippen molar-refractivity contribution in [1.29, 1.82) is 0 Å². The summed E-state index contributed by atoms with van der Waals surface area (Å²) in [6, 6.07) is 9.92. The van der Waals surface area contributed by atoms with Crippen LogP contribution in [0.5, 0.6) is 0 Å². The largest absolute Gasteiger partial charge is 0.260 e. The van der Waals surface area contributed by atoms with E-state index in [0.29, 0.717) is 11.1 Å². The molecule has 16 heavy (non-hydrogen) atoms. The maximum atomic E-state index is 5.92. The number of hydrogen-bond donors (Lipinski definition) is 0. The van der Waals surface area contributed by atoms with Gasteiger partial charge in [0.15, 0.2) is 0 Å². The van der Waals surface area contributed by atoms with Crippen LogP contribution in [-0.2, 0) is 6.42 Å². The van der Waals surface area contributed by atoms with Gasteiger partial charge in [0.25, 0.3) is 0 Å². The first-order chi connectivity index (χ1) is 7.84. The third kappa shape index (κ3) is 1.59. The van der Waals surface area contributed by atoms with Gasteiger partial charge in [-0.2, -0.15) is 0 Å². The van der Waals surface area contributed by atoms with Crippen molar-refractivity contribution in [1.82, 2.24) is 9.97 Å². The maximum absolute atomic E-state index is 5.92. The fourth-order valence-corrected chi connectivity index (χ4v) is 2.49. The van der Waals surface area contributed by atoms with Gasteiger partial charge in [-0.05, 0) is 36.6 Å². The first kappa shape index (κ1) is 9.79. The molecule has 0 spiro atoms. The van der Waals surface area contributed by atoms with Crippen LogP contribution in [-0.4, -0.2) is 9.97 Å². The van der Waals surface area contributed by atoms with E-state index in [4.69, 9.17) is 11.6 Å². The van der Waals surface area contributed by atoms with Crippen LogP contribution >= 0.6 is 11.6 Å². The normalized spacial score (nSPS) is 18.4. The Morgan fingerprint density at radius 2 is 2.12 bits per heavy atom. The molecule has 0 N–H and O–H groups in total. The molecule has 3 heteroatoms. The summed E-state index contributed by atoms with van der Waals surface area (Å²) >= 11 is 5.92. The van der Waals surface area contributed by atoms with E-state index in [1.165, 1.54) is 5.56 Å². The van der Waals surface area contributed by atoms with Gasteiger partial charge in [0, 0.05) is 12.1 Å². The van der Waals surface area contributed by atoms with Crippen molar-refractivity contribution < 1.29 is 0 Å². The number of nitrogens with zero attached hydrogens (tertiary/aromatic N) is 2. The van der Waals surface area contributed by atoms with Crippen LogP contribution in [0, 0.1) is 0 Å². The standard InChI is InChI=1S/C13H11ClN2/c14-12-5-1-4-11(16-12)10-7-6-9-3-2-8-15-13(9)10/h1-5,8,10H,6-7H2. The highest BCUT2D eigenvalue weighted by molar-refractivity contribution is 6.29. The monoisotopic (exact) mass is 230 g/mol. The topological polar surface area (TPSA) is 25.8 Å². The molecular weight excluding hydrogens is 220 g/mol. The molecule has 0 aliphatic heterocycles. The molecule has 0 aromatic carbocycles. The Balaban J connectivity index is 2.05. The third-order valence-electron chi connectivity index (χ3n) is 3.05. The number of aryl methyl sites for hydroxylation is 1. The van der Waals surface area contributed by atoms with Crippen molar-refractivity contribution >= 4 is 11.6 Å². The van der Waals surface area contributed by atoms with Crippen LogP contribution in [0.3, 0.4) is 0 Å². The summed E-state index contributed by atoms with van der Waals surface area (Å²) in [5, 5.41) is 0.557. The van der Waals surface area contributed by atoms with Gasteiger partial charge in [0.2, 0.25) is 0 Å². The molecule has 0 saturated carbocycles. The van der Waals surface area contributed by atoms with E-state index < -0.39 is 0 Å². The lowest BCUT2D eigenvalue weighted by atomic mass is 10.0. The molecule has 0 bridgehead atoms. The Labute approximate surface area is 99.3 Å². The van der Waals surface area contributed by atoms with Gasteiger partial charge in [0.1, 0.15) is 5.15 Å². The molecule has 1 aliphatic carbocycles. The highest BCUT2D eigenvalue weighted by Gasteiger charge is 2.25. The molecule has 0 amide bonds. The SMILES string of the molecule is Clc1cccc(C2CCc3cccnc32)n1. The second-order valence-corrected chi connectivity index (χ2v) is 4.41. The summed E-state index contributed by atoms with van der Waals surface area (Å²) in [6.45, 7) is 0. The van der Waals surface area contributed by atoms with E-state index in [9.17, 15) is 0 Å². The lowest BCUT2D eigenvalue weighted by molar-refractivity contribution is 0.746. The molecule has 1 aliphatic rings. The van der Waals surface area contributed by atoms with Crippen molar-refractivity contribution in [2.45, 2.75) is 18.8 Å². The molecule has 2 aromatic rings. The minimum Gasteiger partial charge on any atom is -0.260 e. The Morgan fingerprint density at radius 3 is 3.00 bits per heavy atom. The van der Waals surface area contributed by atoms with Crippen molar-refractivity contribution in [3.63, 3.8) is 0 Å². The molecular formula is C13H11ClN2. The molecule has 0 fully saturated rings. The number of hydrogen-bond acceptors (Lipinski definition) is 2. The van der Waals surface area contributed by atoms with E-state index >= 15 is 0 Å². The van der Waals surface area contributed by atoms with E-state index in [1.54, 1.807) is 6.07 Å². The Bertz CT molecular complexity index is 525. The Morgan fingerprint density at radius 1 is 1.19 bits per heavy atom. The van der Waals surface area contributed by atoms with Gasteiger partial charge in [-0.25, -0.2) is 4.98 Å². The summed E-state index contributed by atoms with van der Waals surface area (Å²) < 4.78 is 0. The molecule has 3 rings (SSSR count). The average Bonchev–Trinajstić information content (AvgIpc) is 2.72. The Hall–Kier alpha value is -1.41. The lowest BCUT2D eigenvalue weighted by Gasteiger charge is -2.09. The van der Waals surface area contributed by atoms with Crippen molar-refractivity contribution in [3.8, 4) is 0 Å².